The molecular weight excluding hydrogens is 1220 g/mol. The highest BCUT2D eigenvalue weighted by Gasteiger charge is 2.44. The van der Waals surface area contributed by atoms with Crippen LogP contribution in [0, 0.1) is 0 Å². The largest absolute Gasteiger partial charge is 0.490 e. The minimum absolute atomic E-state index is 0.0229. The average Bonchev–Trinajstić information content (AvgIpc) is 0.861. The SMILES string of the molecule is O=C(CCCCCNS(=O)(=O)c1cc(S(=O)(=O)O)ccc1C1=c2cc3c4c(c2Oc2c1cc1c5c2CCCN5CCC1)CCC[N+]=4CCC3)NCCCCCCNc1ncnc2c1ncn2[C@H]1C[C@H](O)[C@@H](COP(=O)(O)OP(=O)(O)OP(=O)(O)O)O1. The average molecular weight is 1290 g/mol. The number of anilines is 2. The summed E-state index contributed by atoms with van der Waals surface area (Å²) in [4.78, 5) is 64.1. The molecule has 5 atom stereocenters. The highest BCUT2D eigenvalue weighted by Crippen LogP contribution is 2.66. The number of aliphatic hydroxyl groups is 1. The molecule has 28 nitrogen and oxygen atoms in total. The highest BCUT2D eigenvalue weighted by molar-refractivity contribution is 7.89. The number of nitrogens with one attached hydrogen (secondary N) is 3. The maximum Gasteiger partial charge on any atom is 0.490 e. The van der Waals surface area contributed by atoms with Crippen molar-refractivity contribution in [3.63, 3.8) is 0 Å². The normalized spacial score (nSPS) is 20.5. The lowest BCUT2D eigenvalue weighted by molar-refractivity contribution is -0.121. The lowest BCUT2D eigenvalue weighted by Crippen LogP contribution is -2.45. The van der Waals surface area contributed by atoms with Crippen LogP contribution in [-0.2, 0) is 82.2 Å². The fourth-order valence-corrected chi connectivity index (χ4v) is 17.5. The summed E-state index contributed by atoms with van der Waals surface area (Å²) >= 11 is 0. The number of hydrogen-bond acceptors (Lipinski definition) is 19. The van der Waals surface area contributed by atoms with Crippen molar-refractivity contribution < 1.29 is 87.2 Å². The first kappa shape index (κ1) is 62.5. The van der Waals surface area contributed by atoms with Crippen LogP contribution in [0.3, 0.4) is 0 Å². The van der Waals surface area contributed by atoms with Crippen molar-refractivity contribution >= 4 is 77.8 Å². The minimum Gasteiger partial charge on any atom is -0.455 e. The van der Waals surface area contributed by atoms with Gasteiger partial charge in [-0.25, -0.2) is 46.4 Å². The molecule has 1 saturated heterocycles. The third-order valence-electron chi connectivity index (χ3n) is 16.3. The fourth-order valence-electron chi connectivity index (χ4n) is 12.6. The van der Waals surface area contributed by atoms with Crippen LogP contribution in [0.4, 0.5) is 11.5 Å². The van der Waals surface area contributed by atoms with Crippen molar-refractivity contribution in [1.29, 1.82) is 0 Å². The van der Waals surface area contributed by atoms with Gasteiger partial charge in [-0.3, -0.25) is 18.4 Å². The summed E-state index contributed by atoms with van der Waals surface area (Å²) in [5.74, 6) is 1.75. The third-order valence-corrected chi connectivity index (χ3v) is 22.4. The second kappa shape index (κ2) is 25.4. The maximum atomic E-state index is 14.7. The van der Waals surface area contributed by atoms with E-state index in [1.165, 1.54) is 51.5 Å². The topological polar surface area (TPSA) is 390 Å². The maximum absolute atomic E-state index is 14.7. The van der Waals surface area contributed by atoms with Crippen molar-refractivity contribution in [1.82, 2.24) is 34.1 Å². The van der Waals surface area contributed by atoms with Crippen molar-refractivity contribution in [2.75, 3.05) is 62.6 Å². The van der Waals surface area contributed by atoms with Crippen molar-refractivity contribution in [3.8, 4) is 11.5 Å². The Morgan fingerprint density at radius 2 is 1.50 bits per heavy atom. The van der Waals surface area contributed by atoms with Gasteiger partial charge in [0, 0.05) is 97.1 Å². The van der Waals surface area contributed by atoms with Crippen LogP contribution in [0.2, 0.25) is 0 Å². The summed E-state index contributed by atoms with van der Waals surface area (Å²) in [7, 11) is -26.0. The number of carbonyl (C=O) groups is 1. The Bertz CT molecular complexity index is 3990. The summed E-state index contributed by atoms with van der Waals surface area (Å²) in [5.41, 5.74) is 8.28. The van der Waals surface area contributed by atoms with Gasteiger partial charge in [-0.15, -0.1) is 0 Å². The minimum atomic E-state index is -5.73. The molecule has 33 heteroatoms. The van der Waals surface area contributed by atoms with Crippen molar-refractivity contribution in [2.24, 2.45) is 0 Å². The number of ether oxygens (including phenoxy) is 2. The number of nitrogens with zero attached hydrogens (tertiary/aromatic N) is 6. The molecule has 2 aromatic heterocycles. The number of phosphoric ester groups is 1. The van der Waals surface area contributed by atoms with Gasteiger partial charge in [0.15, 0.2) is 17.0 Å². The number of aryl methyl sites for hydroxylation is 2. The zero-order chi connectivity index (χ0) is 60.8. The van der Waals surface area contributed by atoms with Crippen molar-refractivity contribution in [3.05, 3.63) is 86.9 Å². The third kappa shape index (κ3) is 13.9. The molecule has 1 amide bonds. The number of phosphoric acid groups is 3. The van der Waals surface area contributed by atoms with E-state index in [0.29, 0.717) is 60.5 Å². The Balaban J connectivity index is 0.653. The van der Waals surface area contributed by atoms with Gasteiger partial charge >= 0.3 is 23.5 Å². The first-order valence-corrected chi connectivity index (χ1v) is 36.2. The van der Waals surface area contributed by atoms with Gasteiger partial charge in [0.1, 0.15) is 43.2 Å². The molecule has 6 aliphatic heterocycles. The molecule has 2 unspecified atom stereocenters. The summed E-state index contributed by atoms with van der Waals surface area (Å²) in [6.45, 7) is 4.01. The first-order valence-electron chi connectivity index (χ1n) is 28.8. The predicted molar refractivity (Wildman–Crippen MR) is 310 cm³/mol. The highest BCUT2D eigenvalue weighted by atomic mass is 32.2. The Labute approximate surface area is 495 Å². The summed E-state index contributed by atoms with van der Waals surface area (Å²) in [6.07, 6.45) is 11.3. The summed E-state index contributed by atoms with van der Waals surface area (Å²) in [5, 5.41) is 18.8. The number of rotatable bonds is 26. The molecule has 8 heterocycles. The van der Waals surface area contributed by atoms with E-state index in [0.717, 1.165) is 143 Å². The number of aliphatic hydroxyl groups excluding tert-OH is 1. The monoisotopic (exact) mass is 1290 g/mol. The molecule has 466 valence electrons. The van der Waals surface area contributed by atoms with Gasteiger partial charge in [-0.2, -0.15) is 17.0 Å². The second-order valence-corrected chi connectivity index (χ2v) is 29.8. The van der Waals surface area contributed by atoms with E-state index in [2.05, 4.69) is 65.1 Å². The number of carbonyl (C=O) groups excluding carboxylic acids is 1. The number of imidazole rings is 1. The van der Waals surface area contributed by atoms with Gasteiger partial charge in [0.2, 0.25) is 21.3 Å². The number of unbranched alkanes of at least 4 members (excludes halogenated alkanes) is 5. The lowest BCUT2D eigenvalue weighted by Gasteiger charge is -2.39. The van der Waals surface area contributed by atoms with E-state index < -0.39 is 73.5 Å². The van der Waals surface area contributed by atoms with E-state index in [-0.39, 0.29) is 30.2 Å². The molecule has 1 fully saturated rings. The van der Waals surface area contributed by atoms with Crippen LogP contribution >= 0.6 is 23.5 Å². The van der Waals surface area contributed by atoms with Gasteiger partial charge in [0.25, 0.3) is 10.1 Å². The van der Waals surface area contributed by atoms with Crippen LogP contribution in [0.25, 0.3) is 16.7 Å². The summed E-state index contributed by atoms with van der Waals surface area (Å²) in [6, 6.07) is 8.12. The second-order valence-electron chi connectivity index (χ2n) is 22.2. The summed E-state index contributed by atoms with van der Waals surface area (Å²) < 4.78 is 131. The number of hydrogen-bond donors (Lipinski definition) is 9. The quantitative estimate of drug-likeness (QED) is 0.0159. The predicted octanol–water partition coefficient (Wildman–Crippen LogP) is 4.13. The van der Waals surface area contributed by atoms with Crippen LogP contribution in [-0.4, -0.2) is 136 Å². The van der Waals surface area contributed by atoms with Crippen LogP contribution in [0.5, 0.6) is 11.5 Å². The molecule has 6 aliphatic rings. The Kier molecular flexibility index (Phi) is 18.5. The van der Waals surface area contributed by atoms with Gasteiger partial charge in [-0.05, 0) is 94.0 Å². The van der Waals surface area contributed by atoms with Gasteiger partial charge in [-0.1, -0.05) is 25.3 Å². The van der Waals surface area contributed by atoms with E-state index in [9.17, 15) is 54.8 Å². The Hall–Kier alpha value is -5.10. The molecule has 0 bridgehead atoms. The molecule has 0 spiro atoms. The van der Waals surface area contributed by atoms with Crippen LogP contribution < -0.4 is 40.1 Å². The van der Waals surface area contributed by atoms with Crippen LogP contribution in [0.15, 0.2) is 52.8 Å². The molecule has 5 aromatic rings. The molecule has 0 radical (unpaired) electrons. The van der Waals surface area contributed by atoms with Gasteiger partial charge in [0.05, 0.1) is 34.4 Å². The zero-order valence-corrected chi connectivity index (χ0v) is 51.1. The van der Waals surface area contributed by atoms with Crippen molar-refractivity contribution in [2.45, 2.75) is 137 Å². The molecule has 0 saturated carbocycles. The smallest absolute Gasteiger partial charge is 0.455 e. The van der Waals surface area contributed by atoms with E-state index in [1.54, 1.807) is 0 Å². The number of amides is 1. The molecule has 11 rings (SSSR count). The molecular formula is C53H69N9O19P3S2+. The molecule has 9 N–H and O–H groups in total. The zero-order valence-electron chi connectivity index (χ0n) is 46.8. The van der Waals surface area contributed by atoms with E-state index >= 15 is 0 Å². The van der Waals surface area contributed by atoms with Crippen LogP contribution in [0.1, 0.15) is 123 Å². The standard InChI is InChI=1S/C53H68N9O19P3S2/c63-41-29-45(78-42(41)30-77-83(68,69)81-84(70,71)80-82(65,66)67)62-32-58-47-52(56-31-57-53(47)62)55-20-6-2-1-5-19-54-44(64)16-4-3-7-21-59-85(72,73)43-28-35(86(74,75)76)17-18-36(43)46-39-26-33-12-8-22-60-24-10-14-37(48(33)60)50(39)79-51-38-15-11-25-61-23-9-13-34(49(38)61)27-40(46)51/h17-18,26-28,31-32,41-42,45,59,63H,1-16,19-25,29-30H2,(H6-,54,55,56,57,64,65,66,67,68,69,70,71,74,75,76)/p+1/t41-,42+,45+/m0/s1. The lowest BCUT2D eigenvalue weighted by atomic mass is 9.82. The number of sulfonamides is 1. The van der Waals surface area contributed by atoms with E-state index in [1.807, 2.05) is 0 Å². The Morgan fingerprint density at radius 3 is 2.28 bits per heavy atom. The first-order chi connectivity index (χ1) is 40.9. The number of benzene rings is 3. The fraction of sp³-hybridized carbons (Fsp3) is 0.528. The molecule has 86 heavy (non-hydrogen) atoms. The van der Waals surface area contributed by atoms with Gasteiger partial charge < -0.3 is 49.7 Å². The number of fused-ring (bicyclic) bond motifs is 5. The molecule has 0 aliphatic carbocycles. The van der Waals surface area contributed by atoms with E-state index in [4.69, 9.17) is 19.3 Å². The Morgan fingerprint density at radius 1 is 0.779 bits per heavy atom. The number of aromatic nitrogens is 4. The molecule has 3 aromatic carbocycles.